The van der Waals surface area contributed by atoms with Crippen molar-refractivity contribution in [2.45, 2.75) is 58.5 Å². The number of carbonyl (C=O) groups excluding carboxylic acids is 1. The summed E-state index contributed by atoms with van der Waals surface area (Å²) in [6.07, 6.45) is -4.20. The number of cyclic esters (lactones) is 1. The van der Waals surface area contributed by atoms with Crippen molar-refractivity contribution in [1.29, 1.82) is 0 Å². The molecule has 2 heterocycles. The molecule has 1 fully saturated rings. The summed E-state index contributed by atoms with van der Waals surface area (Å²) < 4.78 is 66.7. The number of methoxy groups -OCH3 is 1. The Hall–Kier alpha value is -3.62. The van der Waals surface area contributed by atoms with Gasteiger partial charge in [0.1, 0.15) is 17.7 Å². The molecule has 2 atom stereocenters. The number of amides is 1. The van der Waals surface area contributed by atoms with Gasteiger partial charge in [-0.05, 0) is 72.4 Å². The lowest BCUT2D eigenvalue weighted by atomic mass is 9.92. The highest BCUT2D eigenvalue weighted by molar-refractivity contribution is 5.76. The maximum Gasteiger partial charge on any atom is 0.416 e. The number of rotatable bonds is 6. The summed E-state index contributed by atoms with van der Waals surface area (Å²) >= 11 is 0. The first-order valence-electron chi connectivity index (χ1n) is 11.9. The zero-order chi connectivity index (χ0) is 27.1. The maximum atomic E-state index is 14.7. The molecule has 4 rings (SSSR count). The lowest BCUT2D eigenvalue weighted by Crippen LogP contribution is -2.31. The summed E-state index contributed by atoms with van der Waals surface area (Å²) in [5.74, 6) is -0.443. The summed E-state index contributed by atoms with van der Waals surface area (Å²) in [7, 11) is 1.37. The molecule has 2 aromatic carbocycles. The summed E-state index contributed by atoms with van der Waals surface area (Å²) in [5.41, 5.74) is 2.16. The molecule has 1 amide bonds. The van der Waals surface area contributed by atoms with Crippen LogP contribution in [0.5, 0.6) is 5.75 Å². The highest BCUT2D eigenvalue weighted by atomic mass is 19.4. The standard InChI is InChI=1S/C28H28F4N2O3/c1-15(2)22-12-23(25(36-5)13-24(22)29)21-7-6-20(28(30,31)32)11-19(21)14-34-17(4)26(37-27(34)35)18-8-9-33-16(3)10-18/h6-13,15,17,26H,14H2,1-5H3/t17-,26-/m0/s1. The Morgan fingerprint density at radius 1 is 1.11 bits per heavy atom. The summed E-state index contributed by atoms with van der Waals surface area (Å²) in [6.45, 7) is 7.11. The molecule has 0 N–H and O–H groups in total. The van der Waals surface area contributed by atoms with Gasteiger partial charge in [-0.15, -0.1) is 0 Å². The predicted molar refractivity (Wildman–Crippen MR) is 131 cm³/mol. The van der Waals surface area contributed by atoms with Crippen molar-refractivity contribution in [2.75, 3.05) is 7.11 Å². The van der Waals surface area contributed by atoms with Crippen molar-refractivity contribution in [3.8, 4) is 16.9 Å². The number of halogens is 4. The van der Waals surface area contributed by atoms with Crippen molar-refractivity contribution in [2.24, 2.45) is 0 Å². The first-order chi connectivity index (χ1) is 17.4. The minimum Gasteiger partial charge on any atom is -0.496 e. The van der Waals surface area contributed by atoms with Crippen molar-refractivity contribution in [3.05, 3.63) is 82.4 Å². The minimum atomic E-state index is -4.59. The SMILES string of the molecule is COc1cc(F)c(C(C)C)cc1-c1ccc(C(F)(F)F)cc1CN1C(=O)O[C@H](c2ccnc(C)c2)[C@@H]1C. The van der Waals surface area contributed by atoms with Gasteiger partial charge in [-0.2, -0.15) is 13.2 Å². The lowest BCUT2D eigenvalue weighted by molar-refractivity contribution is -0.137. The monoisotopic (exact) mass is 516 g/mol. The van der Waals surface area contributed by atoms with Crippen LogP contribution in [-0.4, -0.2) is 29.1 Å². The zero-order valence-electron chi connectivity index (χ0n) is 21.2. The molecular weight excluding hydrogens is 488 g/mol. The van der Waals surface area contributed by atoms with Crippen LogP contribution in [0.15, 0.2) is 48.7 Å². The van der Waals surface area contributed by atoms with Gasteiger partial charge in [0.2, 0.25) is 0 Å². The van der Waals surface area contributed by atoms with Crippen LogP contribution in [0, 0.1) is 12.7 Å². The lowest BCUT2D eigenvalue weighted by Gasteiger charge is -2.24. The van der Waals surface area contributed by atoms with Crippen LogP contribution in [0.1, 0.15) is 60.7 Å². The zero-order valence-corrected chi connectivity index (χ0v) is 21.2. The highest BCUT2D eigenvalue weighted by Crippen LogP contribution is 2.41. The quantitative estimate of drug-likeness (QED) is 0.320. The fourth-order valence-corrected chi connectivity index (χ4v) is 4.64. The van der Waals surface area contributed by atoms with Crippen LogP contribution in [0.3, 0.4) is 0 Å². The first kappa shape index (κ1) is 26.4. The Balaban J connectivity index is 1.80. The number of nitrogens with zero attached hydrogens (tertiary/aromatic N) is 2. The highest BCUT2D eigenvalue weighted by Gasteiger charge is 2.40. The van der Waals surface area contributed by atoms with Gasteiger partial charge >= 0.3 is 12.3 Å². The van der Waals surface area contributed by atoms with Crippen LogP contribution in [0.2, 0.25) is 0 Å². The van der Waals surface area contributed by atoms with Crippen molar-refractivity contribution < 1.29 is 31.8 Å². The molecule has 3 aromatic rings. The van der Waals surface area contributed by atoms with Crippen LogP contribution in [0.25, 0.3) is 11.1 Å². The molecule has 0 radical (unpaired) electrons. The Kier molecular flexibility index (Phi) is 7.17. The third-order valence-electron chi connectivity index (χ3n) is 6.65. The van der Waals surface area contributed by atoms with E-state index in [9.17, 15) is 22.4 Å². The topological polar surface area (TPSA) is 51.7 Å². The predicted octanol–water partition coefficient (Wildman–Crippen LogP) is 7.43. The van der Waals surface area contributed by atoms with E-state index in [0.29, 0.717) is 16.7 Å². The van der Waals surface area contributed by atoms with E-state index < -0.39 is 35.8 Å². The van der Waals surface area contributed by atoms with Crippen LogP contribution < -0.4 is 4.74 Å². The van der Waals surface area contributed by atoms with E-state index in [4.69, 9.17) is 9.47 Å². The van der Waals surface area contributed by atoms with Crippen molar-refractivity contribution >= 4 is 6.09 Å². The molecular formula is C28H28F4N2O3. The van der Waals surface area contributed by atoms with E-state index in [-0.39, 0.29) is 23.8 Å². The molecule has 1 saturated heterocycles. The third kappa shape index (κ3) is 5.26. The van der Waals surface area contributed by atoms with Gasteiger partial charge in [0.25, 0.3) is 0 Å². The number of carbonyl (C=O) groups is 1. The number of pyridine rings is 1. The third-order valence-corrected chi connectivity index (χ3v) is 6.65. The average molecular weight is 517 g/mol. The van der Waals surface area contributed by atoms with Gasteiger partial charge in [-0.1, -0.05) is 19.9 Å². The molecule has 0 saturated carbocycles. The second-order valence-corrected chi connectivity index (χ2v) is 9.50. The number of aromatic nitrogens is 1. The molecule has 37 heavy (non-hydrogen) atoms. The minimum absolute atomic E-state index is 0.142. The largest absolute Gasteiger partial charge is 0.496 e. The van der Waals surface area contributed by atoms with Crippen LogP contribution in [0.4, 0.5) is 22.4 Å². The van der Waals surface area contributed by atoms with Crippen LogP contribution in [-0.2, 0) is 17.5 Å². The average Bonchev–Trinajstić information content (AvgIpc) is 3.11. The van der Waals surface area contributed by atoms with Crippen molar-refractivity contribution in [3.63, 3.8) is 0 Å². The Bertz CT molecular complexity index is 1320. The normalized spacial score (nSPS) is 17.9. The molecule has 0 aliphatic carbocycles. The van der Waals surface area contributed by atoms with E-state index in [2.05, 4.69) is 4.98 Å². The molecule has 0 unspecified atom stereocenters. The first-order valence-corrected chi connectivity index (χ1v) is 11.9. The van der Waals surface area contributed by atoms with Crippen molar-refractivity contribution in [1.82, 2.24) is 9.88 Å². The van der Waals surface area contributed by atoms with Gasteiger partial charge < -0.3 is 9.47 Å². The van der Waals surface area contributed by atoms with Gasteiger partial charge in [0, 0.05) is 23.5 Å². The molecule has 1 aliphatic heterocycles. The number of hydrogen-bond acceptors (Lipinski definition) is 4. The van der Waals surface area contributed by atoms with Gasteiger partial charge in [0.05, 0.1) is 25.3 Å². The summed E-state index contributed by atoms with van der Waals surface area (Å²) in [6, 6.07) is 9.27. The Labute approximate surface area is 213 Å². The van der Waals surface area contributed by atoms with Crippen LogP contribution >= 0.6 is 0 Å². The molecule has 1 aliphatic rings. The molecule has 9 heteroatoms. The number of aryl methyl sites for hydroxylation is 1. The fourth-order valence-electron chi connectivity index (χ4n) is 4.64. The van der Waals surface area contributed by atoms with Gasteiger partial charge in [0.15, 0.2) is 0 Å². The van der Waals surface area contributed by atoms with E-state index in [0.717, 1.165) is 23.4 Å². The number of benzene rings is 2. The molecule has 1 aromatic heterocycles. The summed E-state index contributed by atoms with van der Waals surface area (Å²) in [4.78, 5) is 18.5. The van der Waals surface area contributed by atoms with E-state index >= 15 is 0 Å². The van der Waals surface area contributed by atoms with Gasteiger partial charge in [-0.3, -0.25) is 9.88 Å². The number of alkyl halides is 3. The number of ether oxygens (including phenoxy) is 2. The smallest absolute Gasteiger partial charge is 0.416 e. The Morgan fingerprint density at radius 3 is 2.46 bits per heavy atom. The maximum absolute atomic E-state index is 14.7. The fraction of sp³-hybridized carbons (Fsp3) is 0.357. The van der Waals surface area contributed by atoms with E-state index in [1.807, 2.05) is 26.8 Å². The molecule has 0 bridgehead atoms. The van der Waals surface area contributed by atoms with E-state index in [1.54, 1.807) is 25.3 Å². The second kappa shape index (κ2) is 10.0. The van der Waals surface area contributed by atoms with Gasteiger partial charge in [-0.25, -0.2) is 9.18 Å². The molecule has 5 nitrogen and oxygen atoms in total. The second-order valence-electron chi connectivity index (χ2n) is 9.50. The number of hydrogen-bond donors (Lipinski definition) is 0. The van der Waals surface area contributed by atoms with E-state index in [1.165, 1.54) is 24.1 Å². The summed E-state index contributed by atoms with van der Waals surface area (Å²) in [5, 5.41) is 0. The molecule has 196 valence electrons. The Morgan fingerprint density at radius 2 is 1.84 bits per heavy atom. The molecule has 0 spiro atoms.